The van der Waals surface area contributed by atoms with Crippen molar-refractivity contribution in [3.8, 4) is 11.6 Å². The number of rotatable bonds is 11. The van der Waals surface area contributed by atoms with Crippen LogP contribution in [0.3, 0.4) is 0 Å². The van der Waals surface area contributed by atoms with Crippen molar-refractivity contribution in [2.24, 2.45) is 12.0 Å². The number of fused-ring (bicyclic) bond motifs is 1. The number of anilines is 1. The molecule has 10 nitrogen and oxygen atoms in total. The van der Waals surface area contributed by atoms with Crippen LogP contribution in [0.5, 0.6) is 11.6 Å². The molecule has 2 aromatic heterocycles. The van der Waals surface area contributed by atoms with E-state index in [9.17, 15) is 14.7 Å². The number of nitrogens with one attached hydrogen (secondary N) is 2. The molecule has 0 spiro atoms. The van der Waals surface area contributed by atoms with E-state index in [4.69, 9.17) is 4.74 Å². The van der Waals surface area contributed by atoms with Crippen LogP contribution in [0.2, 0.25) is 0 Å². The molecule has 1 aliphatic heterocycles. The number of H-pyrrole nitrogens is 1. The highest BCUT2D eigenvalue weighted by atomic mass is 16.5. The van der Waals surface area contributed by atoms with E-state index < -0.39 is 0 Å². The molecule has 0 saturated carbocycles. The number of piperidine rings is 1. The maximum absolute atomic E-state index is 13.4. The van der Waals surface area contributed by atoms with E-state index in [1.54, 1.807) is 61.8 Å². The highest BCUT2D eigenvalue weighted by Crippen LogP contribution is 2.29. The molecule has 0 atom stereocenters. The number of carbonyl (C=O) groups is 2. The number of aliphatic imine (C=N–C) groups is 1. The highest BCUT2D eigenvalue weighted by molar-refractivity contribution is 6.13. The molecule has 10 heteroatoms. The zero-order valence-electron chi connectivity index (χ0n) is 26.1. The fraction of sp³-hybridized carbons (Fsp3) is 0.278. The second kappa shape index (κ2) is 13.8. The third kappa shape index (κ3) is 7.18. The fourth-order valence-corrected chi connectivity index (χ4v) is 5.83. The summed E-state index contributed by atoms with van der Waals surface area (Å²) in [5, 5.41) is 18.4. The molecule has 0 radical (unpaired) electrons. The minimum absolute atomic E-state index is 0.0351. The molecule has 0 bridgehead atoms. The van der Waals surface area contributed by atoms with E-state index in [0.717, 1.165) is 35.5 Å². The van der Waals surface area contributed by atoms with Gasteiger partial charge < -0.3 is 25.0 Å². The van der Waals surface area contributed by atoms with Crippen LogP contribution in [0.4, 0.5) is 11.4 Å². The first kappa shape index (κ1) is 30.8. The average Bonchev–Trinajstić information content (AvgIpc) is 3.58. The number of aromatic nitrogens is 3. The number of nitrogens with zero attached hydrogens (tertiary/aromatic N) is 4. The summed E-state index contributed by atoms with van der Waals surface area (Å²) in [6, 6.07) is 21.3. The lowest BCUT2D eigenvalue weighted by atomic mass is 10.0. The van der Waals surface area contributed by atoms with Gasteiger partial charge in [0.25, 0.3) is 5.91 Å². The van der Waals surface area contributed by atoms with Crippen molar-refractivity contribution in [2.75, 3.05) is 31.6 Å². The van der Waals surface area contributed by atoms with Crippen LogP contribution < -0.4 is 10.1 Å². The zero-order chi connectivity index (χ0) is 32.0. The van der Waals surface area contributed by atoms with Crippen LogP contribution >= 0.6 is 0 Å². The van der Waals surface area contributed by atoms with Gasteiger partial charge in [0.1, 0.15) is 11.4 Å². The average molecular weight is 619 g/mol. The number of ketones is 1. The van der Waals surface area contributed by atoms with Crippen molar-refractivity contribution in [1.82, 2.24) is 19.7 Å². The normalized spacial score (nSPS) is 13.8. The Morgan fingerprint density at radius 3 is 2.57 bits per heavy atom. The molecule has 6 rings (SSSR count). The maximum atomic E-state index is 13.4. The summed E-state index contributed by atoms with van der Waals surface area (Å²) in [7, 11) is 1.71. The van der Waals surface area contributed by atoms with Crippen molar-refractivity contribution < 1.29 is 19.4 Å². The van der Waals surface area contributed by atoms with Crippen molar-refractivity contribution in [3.63, 3.8) is 0 Å². The van der Waals surface area contributed by atoms with Crippen molar-refractivity contribution in [1.29, 1.82) is 0 Å². The monoisotopic (exact) mass is 618 g/mol. The second-order valence-corrected chi connectivity index (χ2v) is 11.7. The number of carbonyl (C=O) groups excluding carboxylic acids is 2. The van der Waals surface area contributed by atoms with Crippen LogP contribution in [0.1, 0.15) is 63.4 Å². The molecule has 1 saturated heterocycles. The molecular formula is C36H38N6O4. The van der Waals surface area contributed by atoms with Gasteiger partial charge in [-0.05, 0) is 87.8 Å². The summed E-state index contributed by atoms with van der Waals surface area (Å²) < 4.78 is 7.43. The number of ether oxygens (including phenoxy) is 1. The number of benzene rings is 3. The predicted octanol–water partition coefficient (Wildman–Crippen LogP) is 6.40. The molecule has 5 aromatic rings. The van der Waals surface area contributed by atoms with Crippen LogP contribution in [0, 0.1) is 6.92 Å². The Kier molecular flexibility index (Phi) is 9.25. The molecule has 46 heavy (non-hydrogen) atoms. The lowest BCUT2D eigenvalue weighted by Crippen LogP contribution is -2.31. The Labute approximate surface area is 267 Å². The smallest absolute Gasteiger partial charge is 0.273 e. The van der Waals surface area contributed by atoms with Gasteiger partial charge in [-0.3, -0.25) is 19.3 Å². The quantitative estimate of drug-likeness (QED) is 0.0894. The molecule has 3 N–H and O–H groups in total. The Bertz CT molecular complexity index is 1880. The van der Waals surface area contributed by atoms with E-state index in [2.05, 4.69) is 25.3 Å². The number of amides is 1. The number of aromatic hydroxyl groups is 1. The third-order valence-electron chi connectivity index (χ3n) is 8.21. The fourth-order valence-electron chi connectivity index (χ4n) is 5.83. The molecule has 3 aromatic carbocycles. The standard InChI is InChI=1S/C36H38N6O4/c1-24-20-33(41(2)40-24)36(45)38-28-9-6-8-25(21-28)34(43)26-10-15-30-31(35(44)39-32(30)22-26)23-37-27-11-13-29(14-12-27)46-19-7-18-42-16-4-3-5-17-42/h6,8-15,20-23,39,44H,3-5,7,16-19H2,1-2H3,(H,38,45). The van der Waals surface area contributed by atoms with E-state index >= 15 is 0 Å². The molecule has 236 valence electrons. The molecule has 3 heterocycles. The highest BCUT2D eigenvalue weighted by Gasteiger charge is 2.16. The van der Waals surface area contributed by atoms with Crippen LogP contribution in [-0.4, -0.2) is 68.9 Å². The molecule has 1 aliphatic rings. The molecule has 0 aliphatic carbocycles. The summed E-state index contributed by atoms with van der Waals surface area (Å²) in [6.07, 6.45) is 6.56. The molecule has 1 amide bonds. The van der Waals surface area contributed by atoms with Gasteiger partial charge in [-0.1, -0.05) is 30.7 Å². The Morgan fingerprint density at radius 2 is 1.80 bits per heavy atom. The Hall–Kier alpha value is -5.22. The summed E-state index contributed by atoms with van der Waals surface area (Å²) in [4.78, 5) is 36.2. The lowest BCUT2D eigenvalue weighted by molar-refractivity contribution is 0.101. The number of hydrogen-bond donors (Lipinski definition) is 3. The van der Waals surface area contributed by atoms with Crippen LogP contribution in [0.15, 0.2) is 77.8 Å². The first-order valence-electron chi connectivity index (χ1n) is 15.6. The Morgan fingerprint density at radius 1 is 1.02 bits per heavy atom. The van der Waals surface area contributed by atoms with Crippen molar-refractivity contribution in [2.45, 2.75) is 32.6 Å². The molecule has 0 unspecified atom stereocenters. The van der Waals surface area contributed by atoms with Gasteiger partial charge in [-0.25, -0.2) is 0 Å². The van der Waals surface area contributed by atoms with E-state index in [0.29, 0.717) is 40.2 Å². The number of likely N-dealkylation sites (tertiary alicyclic amines) is 1. The SMILES string of the molecule is Cc1cc(C(=O)Nc2cccc(C(=O)c3ccc4c(C=Nc5ccc(OCCCN6CCCCC6)cc5)c(O)[nH]c4c3)c2)n(C)n1. The Balaban J connectivity index is 1.09. The topological polar surface area (TPSA) is 125 Å². The number of aryl methyl sites for hydroxylation is 2. The van der Waals surface area contributed by atoms with Gasteiger partial charge in [0.05, 0.1) is 23.6 Å². The number of aromatic amines is 1. The number of hydrogen-bond acceptors (Lipinski definition) is 7. The van der Waals surface area contributed by atoms with E-state index in [-0.39, 0.29) is 17.6 Å². The zero-order valence-corrected chi connectivity index (χ0v) is 26.1. The summed E-state index contributed by atoms with van der Waals surface area (Å²) in [5.41, 5.74) is 4.39. The minimum Gasteiger partial charge on any atom is -0.494 e. The van der Waals surface area contributed by atoms with Gasteiger partial charge in [0, 0.05) is 47.5 Å². The van der Waals surface area contributed by atoms with Gasteiger partial charge in [-0.2, -0.15) is 5.10 Å². The van der Waals surface area contributed by atoms with Crippen molar-refractivity contribution >= 4 is 40.2 Å². The second-order valence-electron chi connectivity index (χ2n) is 11.7. The molecular weight excluding hydrogens is 580 g/mol. The van der Waals surface area contributed by atoms with Crippen LogP contribution in [-0.2, 0) is 7.05 Å². The van der Waals surface area contributed by atoms with Gasteiger partial charge in [0.2, 0.25) is 0 Å². The summed E-state index contributed by atoms with van der Waals surface area (Å²) >= 11 is 0. The first-order valence-corrected chi connectivity index (χ1v) is 15.6. The van der Waals surface area contributed by atoms with E-state index in [1.807, 2.05) is 31.2 Å². The van der Waals surface area contributed by atoms with Gasteiger partial charge >= 0.3 is 0 Å². The van der Waals surface area contributed by atoms with Crippen molar-refractivity contribution in [3.05, 3.63) is 101 Å². The van der Waals surface area contributed by atoms with E-state index in [1.165, 1.54) is 37.0 Å². The molecule has 1 fully saturated rings. The maximum Gasteiger partial charge on any atom is 0.273 e. The van der Waals surface area contributed by atoms with Crippen LogP contribution in [0.25, 0.3) is 10.9 Å². The minimum atomic E-state index is -0.312. The largest absolute Gasteiger partial charge is 0.494 e. The summed E-state index contributed by atoms with van der Waals surface area (Å²) in [6.45, 7) is 5.97. The van der Waals surface area contributed by atoms with Gasteiger partial charge in [-0.15, -0.1) is 0 Å². The predicted molar refractivity (Wildman–Crippen MR) is 180 cm³/mol. The summed E-state index contributed by atoms with van der Waals surface area (Å²) in [5.74, 6) is 0.244. The third-order valence-corrected chi connectivity index (χ3v) is 8.21. The first-order chi connectivity index (χ1) is 22.3. The lowest BCUT2D eigenvalue weighted by Gasteiger charge is -2.26. The van der Waals surface area contributed by atoms with Gasteiger partial charge in [0.15, 0.2) is 11.7 Å².